The number of amides is 2. The number of aliphatic hydroxyl groups is 1. The van der Waals surface area contributed by atoms with Crippen molar-refractivity contribution in [1.29, 1.82) is 5.26 Å². The molecule has 0 aromatic carbocycles. The summed E-state index contributed by atoms with van der Waals surface area (Å²) >= 11 is 0. The van der Waals surface area contributed by atoms with Crippen molar-refractivity contribution in [3.63, 3.8) is 0 Å². The van der Waals surface area contributed by atoms with Crippen molar-refractivity contribution >= 4 is 11.8 Å². The number of nitrogens with two attached hydrogens (primary N) is 1. The van der Waals surface area contributed by atoms with Gasteiger partial charge in [-0.15, -0.1) is 0 Å². The molecule has 4 N–H and O–H groups in total. The highest BCUT2D eigenvalue weighted by Gasteiger charge is 2.11. The minimum Gasteiger partial charge on any atom is -0.381 e. The van der Waals surface area contributed by atoms with Crippen molar-refractivity contribution in [3.8, 4) is 6.07 Å². The molecule has 0 radical (unpaired) electrons. The van der Waals surface area contributed by atoms with Gasteiger partial charge in [-0.3, -0.25) is 9.59 Å². The van der Waals surface area contributed by atoms with Gasteiger partial charge in [0.1, 0.15) is 12.5 Å². The van der Waals surface area contributed by atoms with Crippen LogP contribution in [0, 0.1) is 11.3 Å². The molecule has 6 nitrogen and oxygen atoms in total. The Kier molecular flexibility index (Phi) is 4.41. The molecule has 0 aliphatic rings. The molecular formula is C6H9N3O3. The number of carbonyl (C=O) groups is 2. The fourth-order valence-corrected chi connectivity index (χ4v) is 0.445. The second kappa shape index (κ2) is 5.09. The molecule has 6 heteroatoms. The lowest BCUT2D eigenvalue weighted by molar-refractivity contribution is -0.126. The first-order valence-corrected chi connectivity index (χ1v) is 3.19. The lowest BCUT2D eigenvalue weighted by atomic mass is 10.3. The molecule has 0 aromatic heterocycles. The molecule has 1 atom stereocenters. The molecule has 2 amide bonds. The van der Waals surface area contributed by atoms with Crippen LogP contribution < -0.4 is 11.1 Å². The highest BCUT2D eigenvalue weighted by atomic mass is 16.3. The monoisotopic (exact) mass is 171 g/mol. The van der Waals surface area contributed by atoms with Crippen LogP contribution in [0.2, 0.25) is 0 Å². The van der Waals surface area contributed by atoms with E-state index < -0.39 is 17.9 Å². The lowest BCUT2D eigenvalue weighted by Crippen LogP contribution is -2.39. The zero-order chi connectivity index (χ0) is 9.56. The third-order valence-corrected chi connectivity index (χ3v) is 1.06. The summed E-state index contributed by atoms with van der Waals surface area (Å²) < 4.78 is 0. The van der Waals surface area contributed by atoms with Crippen LogP contribution in [0.1, 0.15) is 6.42 Å². The predicted molar refractivity (Wildman–Crippen MR) is 38.4 cm³/mol. The Labute approximate surface area is 69.0 Å². The van der Waals surface area contributed by atoms with Crippen LogP contribution >= 0.6 is 0 Å². The number of rotatable bonds is 4. The molecule has 0 rings (SSSR count). The van der Waals surface area contributed by atoms with Gasteiger partial charge in [-0.05, 0) is 0 Å². The van der Waals surface area contributed by atoms with E-state index in [2.05, 4.69) is 5.32 Å². The molecule has 0 saturated heterocycles. The van der Waals surface area contributed by atoms with E-state index in [0.29, 0.717) is 0 Å². The molecule has 12 heavy (non-hydrogen) atoms. The van der Waals surface area contributed by atoms with E-state index in [1.165, 1.54) is 0 Å². The molecule has 0 heterocycles. The van der Waals surface area contributed by atoms with E-state index >= 15 is 0 Å². The highest BCUT2D eigenvalue weighted by molar-refractivity contribution is 5.81. The van der Waals surface area contributed by atoms with Crippen molar-refractivity contribution < 1.29 is 14.7 Å². The zero-order valence-corrected chi connectivity index (χ0v) is 6.28. The van der Waals surface area contributed by atoms with Crippen molar-refractivity contribution in [1.82, 2.24) is 5.32 Å². The highest BCUT2D eigenvalue weighted by Crippen LogP contribution is 1.79. The molecule has 0 fully saturated rings. The fraction of sp³-hybridized carbons (Fsp3) is 0.500. The molecular weight excluding hydrogens is 162 g/mol. The molecule has 0 aromatic rings. The number of hydrogen-bond donors (Lipinski definition) is 3. The summed E-state index contributed by atoms with van der Waals surface area (Å²) in [6.07, 6.45) is -1.70. The van der Waals surface area contributed by atoms with E-state index in [9.17, 15) is 9.59 Å². The number of aliphatic hydroxyl groups excluding tert-OH is 1. The first kappa shape index (κ1) is 10.4. The van der Waals surface area contributed by atoms with Crippen molar-refractivity contribution in [2.45, 2.75) is 12.5 Å². The van der Waals surface area contributed by atoms with Crippen LogP contribution in [0.5, 0.6) is 0 Å². The average Bonchev–Trinajstić information content (AvgIpc) is 2.00. The number of nitrogens with one attached hydrogen (secondary N) is 1. The summed E-state index contributed by atoms with van der Waals surface area (Å²) in [7, 11) is 0. The van der Waals surface area contributed by atoms with Crippen LogP contribution in [-0.4, -0.2) is 29.6 Å². The van der Waals surface area contributed by atoms with Crippen LogP contribution in [0.15, 0.2) is 0 Å². The largest absolute Gasteiger partial charge is 0.381 e. The smallest absolute Gasteiger partial charge is 0.248 e. The number of nitriles is 1. The SMILES string of the molecule is N#CCC(=O)NCC(O)C(N)=O. The first-order chi connectivity index (χ1) is 5.57. The normalized spacial score (nSPS) is 11.3. The standard InChI is InChI=1S/C6H9N3O3/c7-2-1-5(11)9-3-4(10)6(8)12/h4,10H,1,3H2,(H2,8,12)(H,9,11). The van der Waals surface area contributed by atoms with E-state index in [1.807, 2.05) is 0 Å². The maximum absolute atomic E-state index is 10.6. The summed E-state index contributed by atoms with van der Waals surface area (Å²) in [6.45, 7) is -0.254. The van der Waals surface area contributed by atoms with Crippen LogP contribution in [0.25, 0.3) is 0 Å². The Balaban J connectivity index is 3.63. The lowest BCUT2D eigenvalue weighted by Gasteiger charge is -2.05. The van der Waals surface area contributed by atoms with Crippen molar-refractivity contribution in [3.05, 3.63) is 0 Å². The maximum atomic E-state index is 10.6. The molecule has 0 aliphatic heterocycles. The van der Waals surface area contributed by atoms with E-state index in [0.717, 1.165) is 0 Å². The summed E-state index contributed by atoms with van der Waals surface area (Å²) in [6, 6.07) is 1.61. The van der Waals surface area contributed by atoms with Gasteiger partial charge in [-0.1, -0.05) is 0 Å². The van der Waals surface area contributed by atoms with E-state index in [-0.39, 0.29) is 13.0 Å². The Morgan fingerprint density at radius 2 is 2.25 bits per heavy atom. The van der Waals surface area contributed by atoms with Crippen molar-refractivity contribution in [2.75, 3.05) is 6.54 Å². The van der Waals surface area contributed by atoms with Gasteiger partial charge in [0, 0.05) is 0 Å². The molecule has 0 saturated carbocycles. The second-order valence-electron chi connectivity index (χ2n) is 2.06. The van der Waals surface area contributed by atoms with Gasteiger partial charge in [0.25, 0.3) is 0 Å². The quantitative estimate of drug-likeness (QED) is 0.447. The van der Waals surface area contributed by atoms with Gasteiger partial charge in [0.2, 0.25) is 11.8 Å². The van der Waals surface area contributed by atoms with Crippen LogP contribution in [-0.2, 0) is 9.59 Å². The van der Waals surface area contributed by atoms with E-state index in [1.54, 1.807) is 6.07 Å². The Hall–Kier alpha value is -1.61. The van der Waals surface area contributed by atoms with Gasteiger partial charge in [-0.25, -0.2) is 0 Å². The number of hydrogen-bond acceptors (Lipinski definition) is 4. The Morgan fingerprint density at radius 1 is 1.67 bits per heavy atom. The fourth-order valence-electron chi connectivity index (χ4n) is 0.445. The molecule has 0 spiro atoms. The summed E-state index contributed by atoms with van der Waals surface area (Å²) in [4.78, 5) is 20.8. The third-order valence-electron chi connectivity index (χ3n) is 1.06. The second-order valence-corrected chi connectivity index (χ2v) is 2.06. The average molecular weight is 171 g/mol. The summed E-state index contributed by atoms with van der Waals surface area (Å²) in [5.74, 6) is -1.45. The minimum absolute atomic E-state index is 0.254. The number of carbonyl (C=O) groups excluding carboxylic acids is 2. The van der Waals surface area contributed by atoms with Gasteiger partial charge >= 0.3 is 0 Å². The van der Waals surface area contributed by atoms with Crippen LogP contribution in [0.3, 0.4) is 0 Å². The minimum atomic E-state index is -1.40. The van der Waals surface area contributed by atoms with E-state index in [4.69, 9.17) is 16.1 Å². The number of nitrogens with zero attached hydrogens (tertiary/aromatic N) is 1. The van der Waals surface area contributed by atoms with Gasteiger partial charge in [0.15, 0.2) is 0 Å². The van der Waals surface area contributed by atoms with Gasteiger partial charge < -0.3 is 16.2 Å². The van der Waals surface area contributed by atoms with Crippen LogP contribution in [0.4, 0.5) is 0 Å². The Morgan fingerprint density at radius 3 is 2.67 bits per heavy atom. The summed E-state index contributed by atoms with van der Waals surface area (Å²) in [5, 5.41) is 19.0. The maximum Gasteiger partial charge on any atom is 0.248 e. The number of primary amides is 1. The topological polar surface area (TPSA) is 116 Å². The summed E-state index contributed by atoms with van der Waals surface area (Å²) in [5.41, 5.74) is 4.69. The predicted octanol–water partition coefficient (Wildman–Crippen LogP) is -2.14. The zero-order valence-electron chi connectivity index (χ0n) is 6.28. The first-order valence-electron chi connectivity index (χ1n) is 3.19. The molecule has 0 bridgehead atoms. The van der Waals surface area contributed by atoms with Gasteiger partial charge in [-0.2, -0.15) is 5.26 Å². The third kappa shape index (κ3) is 4.24. The molecule has 66 valence electrons. The molecule has 1 unspecified atom stereocenters. The van der Waals surface area contributed by atoms with Gasteiger partial charge in [0.05, 0.1) is 12.6 Å². The Bertz CT molecular complexity index is 221. The molecule has 0 aliphatic carbocycles. The van der Waals surface area contributed by atoms with Crippen molar-refractivity contribution in [2.24, 2.45) is 5.73 Å².